The number of hydrogen-bond acceptors (Lipinski definition) is 1. The molecule has 0 amide bonds. The number of benzene rings is 3. The van der Waals surface area contributed by atoms with E-state index in [-0.39, 0.29) is 0 Å². The molecule has 26 heavy (non-hydrogen) atoms. The first-order valence-electron chi connectivity index (χ1n) is 9.09. The van der Waals surface area contributed by atoms with Crippen LogP contribution in [0.4, 0.5) is 0 Å². The van der Waals surface area contributed by atoms with Gasteiger partial charge in [-0.25, -0.2) is 0 Å². The van der Waals surface area contributed by atoms with Gasteiger partial charge in [0.2, 0.25) is 0 Å². The van der Waals surface area contributed by atoms with Gasteiger partial charge >= 0.3 is 161 Å². The normalized spacial score (nSPS) is 12.4. The van der Waals surface area contributed by atoms with Crippen molar-refractivity contribution >= 4 is 29.1 Å². The third kappa shape index (κ3) is 4.28. The first-order chi connectivity index (χ1) is 12.5. The Kier molecular flexibility index (Phi) is 6.00. The van der Waals surface area contributed by atoms with Gasteiger partial charge in [0, 0.05) is 0 Å². The minimum atomic E-state index is -3.21. The van der Waals surface area contributed by atoms with E-state index in [9.17, 15) is 5.11 Å². The van der Waals surface area contributed by atoms with Crippen molar-refractivity contribution in [2.45, 2.75) is 23.9 Å². The summed E-state index contributed by atoms with van der Waals surface area (Å²) in [6, 6.07) is 32.8. The zero-order chi connectivity index (χ0) is 18.5. The van der Waals surface area contributed by atoms with Gasteiger partial charge in [-0.1, -0.05) is 0 Å². The van der Waals surface area contributed by atoms with E-state index in [1.165, 1.54) is 10.7 Å². The molecule has 1 N–H and O–H groups in total. The summed E-state index contributed by atoms with van der Waals surface area (Å²) >= 11 is -3.21. The van der Waals surface area contributed by atoms with Gasteiger partial charge in [-0.05, 0) is 0 Å². The van der Waals surface area contributed by atoms with Crippen LogP contribution < -0.4 is 10.7 Å². The van der Waals surface area contributed by atoms with Crippen molar-refractivity contribution in [2.75, 3.05) is 0 Å². The van der Waals surface area contributed by atoms with E-state index in [4.69, 9.17) is 0 Å². The molecule has 0 radical (unpaired) electrons. The Morgan fingerprint density at radius 3 is 1.35 bits per heavy atom. The summed E-state index contributed by atoms with van der Waals surface area (Å²) in [7, 11) is 0. The second-order valence-corrected chi connectivity index (χ2v) is 18.5. The van der Waals surface area contributed by atoms with Crippen molar-refractivity contribution in [3.05, 3.63) is 103 Å². The molecule has 0 aliphatic heterocycles. The van der Waals surface area contributed by atoms with Crippen LogP contribution in [0.5, 0.6) is 0 Å². The van der Waals surface area contributed by atoms with Crippen molar-refractivity contribution in [3.63, 3.8) is 0 Å². The van der Waals surface area contributed by atoms with E-state index < -0.39 is 24.0 Å². The quantitative estimate of drug-likeness (QED) is 0.452. The van der Waals surface area contributed by atoms with Crippen molar-refractivity contribution in [2.24, 2.45) is 0 Å². The van der Waals surface area contributed by atoms with Gasteiger partial charge in [0.05, 0.1) is 0 Å². The average molecular weight is 449 g/mol. The Balaban J connectivity index is 2.23. The molecule has 0 heterocycles. The predicted octanol–water partition coefficient (Wildman–Crippen LogP) is 3.48. The van der Waals surface area contributed by atoms with Gasteiger partial charge in [-0.2, -0.15) is 0 Å². The zero-order valence-electron chi connectivity index (χ0n) is 15.5. The minimum absolute atomic E-state index is 0.790. The first kappa shape index (κ1) is 18.9. The van der Waals surface area contributed by atoms with Crippen molar-refractivity contribution < 1.29 is 5.11 Å². The zero-order valence-corrected chi connectivity index (χ0v) is 18.3. The van der Waals surface area contributed by atoms with Gasteiger partial charge in [0.15, 0.2) is 0 Å². The molecule has 0 aromatic heterocycles. The molecule has 3 aromatic rings. The number of rotatable bonds is 6. The van der Waals surface area contributed by atoms with E-state index in [0.717, 1.165) is 4.44 Å². The van der Waals surface area contributed by atoms with Gasteiger partial charge in [-0.3, -0.25) is 0 Å². The molecule has 0 saturated carbocycles. The average Bonchev–Trinajstić information content (AvgIpc) is 2.67. The van der Waals surface area contributed by atoms with Crippen LogP contribution in [-0.4, -0.2) is 29.1 Å². The third-order valence-electron chi connectivity index (χ3n) is 4.75. The van der Waals surface area contributed by atoms with Gasteiger partial charge in [0.25, 0.3) is 0 Å². The van der Waals surface area contributed by atoms with E-state index in [1.54, 1.807) is 0 Å². The molecule has 0 bridgehead atoms. The number of allylic oxidation sites excluding steroid dienone is 1. The van der Waals surface area contributed by atoms with Crippen molar-refractivity contribution in [1.29, 1.82) is 0 Å². The van der Waals surface area contributed by atoms with Crippen molar-refractivity contribution in [3.8, 4) is 0 Å². The van der Waals surface area contributed by atoms with E-state index in [1.807, 2.05) is 19.9 Å². The topological polar surface area (TPSA) is 20.2 Å². The predicted molar refractivity (Wildman–Crippen MR) is 114 cm³/mol. The monoisotopic (exact) mass is 450 g/mol. The Morgan fingerprint density at radius 2 is 1.04 bits per heavy atom. The molecule has 0 aliphatic carbocycles. The summed E-state index contributed by atoms with van der Waals surface area (Å²) in [4.78, 5) is 0. The molecular formula is C24H26OSn. The number of aliphatic hydroxyl groups is 1. The molecule has 0 fully saturated rings. The van der Waals surface area contributed by atoms with Crippen LogP contribution in [0, 0.1) is 0 Å². The summed E-state index contributed by atoms with van der Waals surface area (Å²) in [5.74, 6) is 0. The van der Waals surface area contributed by atoms with E-state index in [2.05, 4.69) is 97.1 Å². The molecular weight excluding hydrogens is 423 g/mol. The molecule has 0 atom stereocenters. The van der Waals surface area contributed by atoms with E-state index in [0.29, 0.717) is 0 Å². The summed E-state index contributed by atoms with van der Waals surface area (Å²) in [6.45, 7) is 3.66. The summed E-state index contributed by atoms with van der Waals surface area (Å²) < 4.78 is 5.36. The van der Waals surface area contributed by atoms with Crippen LogP contribution in [0.2, 0.25) is 4.44 Å². The van der Waals surface area contributed by atoms with Crippen LogP contribution in [0.1, 0.15) is 13.8 Å². The van der Waals surface area contributed by atoms with Crippen LogP contribution in [0.15, 0.2) is 103 Å². The maximum absolute atomic E-state index is 10.2. The Morgan fingerprint density at radius 1 is 0.692 bits per heavy atom. The fourth-order valence-electron chi connectivity index (χ4n) is 3.55. The SMILES string of the molecule is CC(C)(O)/C=C/[CH2][Sn]([c]1ccccc1)([c]1ccccc1)[c]1ccccc1. The molecule has 0 unspecified atom stereocenters. The second kappa shape index (κ2) is 8.24. The standard InChI is InChI=1S/C6H11O.3C6H5.Sn/c1-4-5-6(2,3)7;3*1-2-4-6-5-3-1;/h4-5,7H,1H2,2-3H3;3*1-5H;/b5-4+;;;;. The first-order valence-corrected chi connectivity index (χ1v) is 15.4. The molecule has 2 heteroatoms. The molecule has 3 aromatic carbocycles. The number of hydrogen-bond donors (Lipinski definition) is 1. The Hall–Kier alpha value is -1.84. The second-order valence-electron chi connectivity index (χ2n) is 7.26. The van der Waals surface area contributed by atoms with Crippen molar-refractivity contribution in [1.82, 2.24) is 0 Å². The van der Waals surface area contributed by atoms with Gasteiger partial charge in [0.1, 0.15) is 0 Å². The van der Waals surface area contributed by atoms with Crippen LogP contribution >= 0.6 is 0 Å². The van der Waals surface area contributed by atoms with Gasteiger partial charge < -0.3 is 0 Å². The Bertz CT molecular complexity index is 737. The van der Waals surface area contributed by atoms with Crippen LogP contribution in [-0.2, 0) is 0 Å². The molecule has 3 rings (SSSR count). The summed E-state index contributed by atoms with van der Waals surface area (Å²) in [5.41, 5.74) is -0.790. The summed E-state index contributed by atoms with van der Waals surface area (Å²) in [6.07, 6.45) is 4.14. The fourth-order valence-corrected chi connectivity index (χ4v) is 16.3. The maximum atomic E-state index is 10.2. The molecule has 0 aliphatic rings. The van der Waals surface area contributed by atoms with E-state index >= 15 is 0 Å². The molecule has 132 valence electrons. The molecule has 0 spiro atoms. The summed E-state index contributed by atoms with van der Waals surface area (Å²) in [5, 5.41) is 10.2. The van der Waals surface area contributed by atoms with Gasteiger partial charge in [-0.15, -0.1) is 0 Å². The van der Waals surface area contributed by atoms with Crippen LogP contribution in [0.25, 0.3) is 0 Å². The third-order valence-corrected chi connectivity index (χ3v) is 18.5. The Labute approximate surface area is 160 Å². The van der Waals surface area contributed by atoms with Crippen LogP contribution in [0.3, 0.4) is 0 Å². The molecule has 1 nitrogen and oxygen atoms in total. The molecule has 0 saturated heterocycles. The fraction of sp³-hybridized carbons (Fsp3) is 0.167.